The second kappa shape index (κ2) is 3.65. The molecule has 80 valence electrons. The summed E-state index contributed by atoms with van der Waals surface area (Å²) in [5, 5.41) is 9.73. The Morgan fingerprint density at radius 1 is 1.00 bits per heavy atom. The number of phenols is 1. The molecule has 2 heteroatoms. The number of hydrogen-bond acceptors (Lipinski definition) is 2. The van der Waals surface area contributed by atoms with Crippen LogP contribution in [0, 0.1) is 0 Å². The molecule has 2 aromatic rings. The average molecular weight is 212 g/mol. The third-order valence-corrected chi connectivity index (χ3v) is 2.83. The molecule has 2 nitrogen and oxygen atoms in total. The zero-order valence-corrected chi connectivity index (χ0v) is 8.76. The van der Waals surface area contributed by atoms with Gasteiger partial charge in [0, 0.05) is 5.56 Å². The monoisotopic (exact) mass is 212 g/mol. The van der Waals surface area contributed by atoms with Gasteiger partial charge in [0.1, 0.15) is 11.9 Å². The van der Waals surface area contributed by atoms with Crippen LogP contribution in [0.3, 0.4) is 0 Å². The number of aromatic hydroxyl groups is 1. The first-order chi connectivity index (χ1) is 7.84. The van der Waals surface area contributed by atoms with E-state index in [2.05, 4.69) is 12.1 Å². The largest absolute Gasteiger partial charge is 0.507 e. The Kier molecular flexibility index (Phi) is 2.15. The Labute approximate surface area is 94.1 Å². The third kappa shape index (κ3) is 1.68. The molecule has 1 aliphatic heterocycles. The summed E-state index contributed by atoms with van der Waals surface area (Å²) in [6, 6.07) is 15.5. The molecule has 2 aromatic carbocycles. The Bertz CT molecular complexity index is 498. The third-order valence-electron chi connectivity index (χ3n) is 2.83. The van der Waals surface area contributed by atoms with Crippen molar-refractivity contribution in [1.29, 1.82) is 0 Å². The Morgan fingerprint density at radius 2 is 1.69 bits per heavy atom. The van der Waals surface area contributed by atoms with E-state index in [1.54, 1.807) is 6.07 Å². The Balaban J connectivity index is 1.97. The molecule has 0 saturated carbocycles. The molecule has 1 atom stereocenters. The van der Waals surface area contributed by atoms with E-state index in [9.17, 15) is 5.11 Å². The molecule has 0 aliphatic carbocycles. The van der Waals surface area contributed by atoms with Crippen LogP contribution in [0.2, 0.25) is 0 Å². The van der Waals surface area contributed by atoms with Crippen molar-refractivity contribution < 1.29 is 9.84 Å². The van der Waals surface area contributed by atoms with E-state index >= 15 is 0 Å². The molecule has 1 heterocycles. The number of phenolic OH excluding ortho intramolecular Hbond substituents is 1. The summed E-state index contributed by atoms with van der Waals surface area (Å²) >= 11 is 0. The molecule has 1 N–H and O–H groups in total. The maximum Gasteiger partial charge on any atom is 0.123 e. The van der Waals surface area contributed by atoms with E-state index in [1.165, 1.54) is 5.56 Å². The summed E-state index contributed by atoms with van der Waals surface area (Å²) in [5.41, 5.74) is 3.10. The van der Waals surface area contributed by atoms with Crippen molar-refractivity contribution in [3.8, 4) is 16.9 Å². The predicted octanol–water partition coefficient (Wildman–Crippen LogP) is 3.13. The van der Waals surface area contributed by atoms with E-state index in [4.69, 9.17) is 4.74 Å². The number of benzene rings is 2. The van der Waals surface area contributed by atoms with Gasteiger partial charge in [-0.2, -0.15) is 0 Å². The van der Waals surface area contributed by atoms with E-state index in [0.29, 0.717) is 11.9 Å². The van der Waals surface area contributed by atoms with Crippen molar-refractivity contribution in [2.45, 2.75) is 6.10 Å². The smallest absolute Gasteiger partial charge is 0.123 e. The lowest BCUT2D eigenvalue weighted by Gasteiger charge is -2.04. The fourth-order valence-corrected chi connectivity index (χ4v) is 1.84. The molecule has 1 unspecified atom stereocenters. The number of hydrogen-bond donors (Lipinski definition) is 1. The van der Waals surface area contributed by atoms with Crippen LogP contribution < -0.4 is 0 Å². The topological polar surface area (TPSA) is 32.8 Å². The van der Waals surface area contributed by atoms with Crippen molar-refractivity contribution >= 4 is 0 Å². The first-order valence-electron chi connectivity index (χ1n) is 5.34. The van der Waals surface area contributed by atoms with Crippen LogP contribution in [0.15, 0.2) is 48.5 Å². The standard InChI is InChI=1S/C14H12O2/c15-13-4-2-1-3-12(13)10-5-7-11(8-6-10)14-9-16-14/h1-8,14-15H,9H2. The van der Waals surface area contributed by atoms with Gasteiger partial charge in [-0.1, -0.05) is 42.5 Å². The second-order valence-corrected chi connectivity index (χ2v) is 3.96. The highest BCUT2D eigenvalue weighted by atomic mass is 16.6. The van der Waals surface area contributed by atoms with Crippen LogP contribution in [-0.2, 0) is 4.74 Å². The van der Waals surface area contributed by atoms with Crippen LogP contribution >= 0.6 is 0 Å². The van der Waals surface area contributed by atoms with Gasteiger partial charge >= 0.3 is 0 Å². The molecule has 0 bridgehead atoms. The zero-order valence-electron chi connectivity index (χ0n) is 8.76. The highest BCUT2D eigenvalue weighted by Gasteiger charge is 2.24. The highest BCUT2D eigenvalue weighted by Crippen LogP contribution is 2.33. The van der Waals surface area contributed by atoms with E-state index < -0.39 is 0 Å². The summed E-state index contributed by atoms with van der Waals surface area (Å²) in [7, 11) is 0. The van der Waals surface area contributed by atoms with Crippen molar-refractivity contribution in [2.75, 3.05) is 6.61 Å². The quantitative estimate of drug-likeness (QED) is 0.776. The molecular weight excluding hydrogens is 200 g/mol. The Hall–Kier alpha value is -1.80. The molecule has 3 rings (SSSR count). The second-order valence-electron chi connectivity index (χ2n) is 3.96. The van der Waals surface area contributed by atoms with Gasteiger partial charge in [-0.25, -0.2) is 0 Å². The van der Waals surface area contributed by atoms with Gasteiger partial charge in [0.05, 0.1) is 6.61 Å². The molecule has 16 heavy (non-hydrogen) atoms. The van der Waals surface area contributed by atoms with Crippen LogP contribution in [0.5, 0.6) is 5.75 Å². The van der Waals surface area contributed by atoms with Crippen molar-refractivity contribution in [3.05, 3.63) is 54.1 Å². The van der Waals surface area contributed by atoms with Crippen LogP contribution in [0.1, 0.15) is 11.7 Å². The molecule has 0 amide bonds. The summed E-state index contributed by atoms with van der Waals surface area (Å²) in [6.07, 6.45) is 0.290. The van der Waals surface area contributed by atoms with Gasteiger partial charge in [0.25, 0.3) is 0 Å². The highest BCUT2D eigenvalue weighted by molar-refractivity contribution is 5.70. The molecule has 0 spiro atoms. The SMILES string of the molecule is Oc1ccccc1-c1ccc(C2CO2)cc1. The number of epoxide rings is 1. The Morgan fingerprint density at radius 3 is 2.31 bits per heavy atom. The molecule has 1 fully saturated rings. The predicted molar refractivity (Wildman–Crippen MR) is 62.2 cm³/mol. The van der Waals surface area contributed by atoms with Crippen LogP contribution in [0.4, 0.5) is 0 Å². The van der Waals surface area contributed by atoms with E-state index in [0.717, 1.165) is 17.7 Å². The molecule has 0 radical (unpaired) electrons. The minimum Gasteiger partial charge on any atom is -0.507 e. The number of ether oxygens (including phenoxy) is 1. The zero-order chi connectivity index (χ0) is 11.0. The molecular formula is C14H12O2. The van der Waals surface area contributed by atoms with E-state index in [-0.39, 0.29) is 0 Å². The maximum atomic E-state index is 9.73. The van der Waals surface area contributed by atoms with E-state index in [1.807, 2.05) is 30.3 Å². The maximum absolute atomic E-state index is 9.73. The van der Waals surface area contributed by atoms with Gasteiger partial charge in [-0.3, -0.25) is 0 Å². The molecule has 1 saturated heterocycles. The average Bonchev–Trinajstić information content (AvgIpc) is 3.14. The fourth-order valence-electron chi connectivity index (χ4n) is 1.84. The van der Waals surface area contributed by atoms with Gasteiger partial charge < -0.3 is 9.84 Å². The van der Waals surface area contributed by atoms with Crippen LogP contribution in [-0.4, -0.2) is 11.7 Å². The summed E-state index contributed by atoms with van der Waals surface area (Å²) in [5.74, 6) is 0.318. The fraction of sp³-hybridized carbons (Fsp3) is 0.143. The van der Waals surface area contributed by atoms with Crippen molar-refractivity contribution in [3.63, 3.8) is 0 Å². The lowest BCUT2D eigenvalue weighted by Crippen LogP contribution is -1.82. The minimum atomic E-state index is 0.290. The molecule has 1 aliphatic rings. The lowest BCUT2D eigenvalue weighted by atomic mass is 10.0. The number of rotatable bonds is 2. The van der Waals surface area contributed by atoms with Crippen molar-refractivity contribution in [1.82, 2.24) is 0 Å². The van der Waals surface area contributed by atoms with Gasteiger partial charge in [0.2, 0.25) is 0 Å². The normalized spacial score (nSPS) is 18.4. The number of para-hydroxylation sites is 1. The summed E-state index contributed by atoms with van der Waals surface area (Å²) in [6.45, 7) is 0.829. The lowest BCUT2D eigenvalue weighted by molar-refractivity contribution is 0.415. The minimum absolute atomic E-state index is 0.290. The van der Waals surface area contributed by atoms with Gasteiger partial charge in [-0.05, 0) is 17.2 Å². The van der Waals surface area contributed by atoms with Crippen LogP contribution in [0.25, 0.3) is 11.1 Å². The first kappa shape index (κ1) is 9.43. The van der Waals surface area contributed by atoms with Gasteiger partial charge in [-0.15, -0.1) is 0 Å². The van der Waals surface area contributed by atoms with Crippen molar-refractivity contribution in [2.24, 2.45) is 0 Å². The van der Waals surface area contributed by atoms with Gasteiger partial charge in [0.15, 0.2) is 0 Å². The molecule has 0 aromatic heterocycles. The first-order valence-corrected chi connectivity index (χ1v) is 5.34. The summed E-state index contributed by atoms with van der Waals surface area (Å²) in [4.78, 5) is 0. The summed E-state index contributed by atoms with van der Waals surface area (Å²) < 4.78 is 5.21.